The summed E-state index contributed by atoms with van der Waals surface area (Å²) >= 11 is 3.22. The van der Waals surface area contributed by atoms with Gasteiger partial charge in [0.05, 0.1) is 17.9 Å². The zero-order chi connectivity index (χ0) is 21.5. The number of urea groups is 1. The minimum absolute atomic E-state index is 0.00156. The molecule has 2 amide bonds. The Bertz CT molecular complexity index is 1230. The lowest BCUT2D eigenvalue weighted by atomic mass is 10.1. The molecule has 0 fully saturated rings. The lowest BCUT2D eigenvalue weighted by molar-refractivity contribution is 0.253. The number of carbonyl (C=O) groups excluding carboxylic acids is 1. The van der Waals surface area contributed by atoms with Crippen LogP contribution in [0.2, 0.25) is 0 Å². The van der Waals surface area contributed by atoms with Crippen LogP contribution in [-0.4, -0.2) is 14.4 Å². The van der Waals surface area contributed by atoms with Crippen LogP contribution in [0.1, 0.15) is 18.1 Å². The van der Waals surface area contributed by atoms with E-state index in [1.54, 1.807) is 54.6 Å². The van der Waals surface area contributed by atoms with Crippen molar-refractivity contribution in [1.82, 2.24) is 0 Å². The molecule has 0 aliphatic carbocycles. The van der Waals surface area contributed by atoms with Crippen LogP contribution in [0.15, 0.2) is 76.1 Å². The molecule has 5 nitrogen and oxygen atoms in total. The van der Waals surface area contributed by atoms with E-state index < -0.39 is 21.9 Å². The number of halogens is 2. The number of hydrogen-bond donors (Lipinski definition) is 0. The zero-order valence-electron chi connectivity index (χ0n) is 16.0. The number of aryl methyl sites for hydroxylation is 1. The number of nitrogens with zero attached hydrogens (tertiary/aromatic N) is 2. The van der Waals surface area contributed by atoms with Gasteiger partial charge in [0.15, 0.2) is 0 Å². The molecule has 1 aliphatic heterocycles. The second-order valence-electron chi connectivity index (χ2n) is 6.86. The summed E-state index contributed by atoms with van der Waals surface area (Å²) in [5.41, 5.74) is 1.77. The summed E-state index contributed by atoms with van der Waals surface area (Å²) in [5.74, 6) is -0.484. The van der Waals surface area contributed by atoms with Crippen LogP contribution in [0.5, 0.6) is 0 Å². The number of anilines is 2. The van der Waals surface area contributed by atoms with Crippen molar-refractivity contribution in [3.63, 3.8) is 0 Å². The number of hydrogen-bond acceptors (Lipinski definition) is 3. The second kappa shape index (κ2) is 7.85. The van der Waals surface area contributed by atoms with Crippen molar-refractivity contribution in [3.05, 3.63) is 88.1 Å². The highest BCUT2D eigenvalue weighted by molar-refractivity contribution is 9.10. The van der Waals surface area contributed by atoms with E-state index in [-0.39, 0.29) is 28.4 Å². The maximum absolute atomic E-state index is 14.5. The third kappa shape index (κ3) is 3.50. The maximum atomic E-state index is 14.5. The fraction of sp³-hybridized carbons (Fsp3) is 0.136. The van der Waals surface area contributed by atoms with Gasteiger partial charge in [0.1, 0.15) is 10.7 Å². The highest BCUT2D eigenvalue weighted by Gasteiger charge is 2.42. The fourth-order valence-electron chi connectivity index (χ4n) is 3.40. The molecule has 0 bridgehead atoms. The molecular formula is C22H18BrFN2O3S. The molecule has 8 heteroatoms. The molecule has 0 radical (unpaired) electrons. The van der Waals surface area contributed by atoms with Crippen LogP contribution in [0.3, 0.4) is 0 Å². The third-order valence-corrected chi connectivity index (χ3v) is 7.24. The van der Waals surface area contributed by atoms with Crippen LogP contribution in [0.25, 0.3) is 0 Å². The van der Waals surface area contributed by atoms with E-state index in [2.05, 4.69) is 15.9 Å². The van der Waals surface area contributed by atoms with Crippen molar-refractivity contribution in [2.45, 2.75) is 24.8 Å². The Labute approximate surface area is 182 Å². The first-order valence-electron chi connectivity index (χ1n) is 9.31. The van der Waals surface area contributed by atoms with Gasteiger partial charge in [-0.15, -0.1) is 0 Å². The SMILES string of the molecule is CCc1ccc(N2C(=O)N(Cc3ccc(Br)cc3F)c3ccccc3S2(=O)=O)cc1. The number of carbonyl (C=O) groups is 1. The zero-order valence-corrected chi connectivity index (χ0v) is 18.5. The maximum Gasteiger partial charge on any atom is 0.343 e. The first-order chi connectivity index (χ1) is 14.3. The Kier molecular flexibility index (Phi) is 5.38. The Morgan fingerprint density at radius 3 is 2.37 bits per heavy atom. The average Bonchev–Trinajstić information content (AvgIpc) is 2.73. The molecule has 0 unspecified atom stereocenters. The molecule has 3 aromatic rings. The van der Waals surface area contributed by atoms with E-state index in [9.17, 15) is 17.6 Å². The third-order valence-electron chi connectivity index (χ3n) is 5.00. The monoisotopic (exact) mass is 488 g/mol. The summed E-state index contributed by atoms with van der Waals surface area (Å²) in [6, 6.07) is 16.9. The summed E-state index contributed by atoms with van der Waals surface area (Å²) in [6.07, 6.45) is 0.790. The summed E-state index contributed by atoms with van der Waals surface area (Å²) in [6.45, 7) is 1.89. The molecule has 0 aromatic heterocycles. The summed E-state index contributed by atoms with van der Waals surface area (Å²) < 4.78 is 42.4. The van der Waals surface area contributed by atoms with Crippen molar-refractivity contribution in [2.75, 3.05) is 9.21 Å². The number of benzene rings is 3. The quantitative estimate of drug-likeness (QED) is 0.488. The van der Waals surface area contributed by atoms with Gasteiger partial charge in [-0.3, -0.25) is 4.90 Å². The number of fused-ring (bicyclic) bond motifs is 1. The van der Waals surface area contributed by atoms with E-state index >= 15 is 0 Å². The molecule has 0 saturated heterocycles. The van der Waals surface area contributed by atoms with Gasteiger partial charge in [-0.2, -0.15) is 4.31 Å². The van der Waals surface area contributed by atoms with Gasteiger partial charge < -0.3 is 0 Å². The van der Waals surface area contributed by atoms with E-state index in [0.29, 0.717) is 4.47 Å². The molecule has 4 rings (SSSR count). The van der Waals surface area contributed by atoms with Crippen molar-refractivity contribution in [2.24, 2.45) is 0 Å². The van der Waals surface area contributed by atoms with Crippen LogP contribution >= 0.6 is 15.9 Å². The van der Waals surface area contributed by atoms with Gasteiger partial charge in [-0.05, 0) is 48.4 Å². The van der Waals surface area contributed by atoms with Crippen LogP contribution < -0.4 is 9.21 Å². The smallest absolute Gasteiger partial charge is 0.287 e. The largest absolute Gasteiger partial charge is 0.343 e. The first kappa shape index (κ1) is 20.6. The highest BCUT2D eigenvalue weighted by atomic mass is 79.9. The van der Waals surface area contributed by atoms with Crippen LogP contribution in [-0.2, 0) is 23.0 Å². The van der Waals surface area contributed by atoms with Gasteiger partial charge in [0, 0.05) is 10.0 Å². The molecule has 1 heterocycles. The molecule has 1 aliphatic rings. The lowest BCUT2D eigenvalue weighted by Crippen LogP contribution is -2.50. The highest BCUT2D eigenvalue weighted by Crippen LogP contribution is 2.38. The minimum Gasteiger partial charge on any atom is -0.287 e. The van der Waals surface area contributed by atoms with E-state index in [1.165, 1.54) is 17.0 Å². The number of para-hydroxylation sites is 1. The van der Waals surface area contributed by atoms with E-state index in [0.717, 1.165) is 16.3 Å². The average molecular weight is 489 g/mol. The Hall–Kier alpha value is -2.71. The molecular weight excluding hydrogens is 471 g/mol. The number of amides is 2. The first-order valence-corrected chi connectivity index (χ1v) is 11.5. The van der Waals surface area contributed by atoms with Crippen molar-refractivity contribution in [3.8, 4) is 0 Å². The van der Waals surface area contributed by atoms with E-state index in [4.69, 9.17) is 0 Å². The van der Waals surface area contributed by atoms with Gasteiger partial charge in [0.25, 0.3) is 10.0 Å². The van der Waals surface area contributed by atoms with Gasteiger partial charge in [-0.25, -0.2) is 17.6 Å². The van der Waals surface area contributed by atoms with Gasteiger partial charge >= 0.3 is 6.03 Å². The molecule has 154 valence electrons. The predicted octanol–water partition coefficient (Wildman–Crippen LogP) is 5.49. The van der Waals surface area contributed by atoms with Crippen molar-refractivity contribution < 1.29 is 17.6 Å². The summed E-state index contributed by atoms with van der Waals surface area (Å²) in [5, 5.41) is 0. The standard InChI is InChI=1S/C22H18BrFN2O3S/c1-2-15-7-11-18(12-8-15)26-22(27)25(14-16-9-10-17(23)13-19(16)24)20-5-3-4-6-21(20)30(26,28)29/h3-13H,2,14H2,1H3. The molecule has 0 N–H and O–H groups in total. The van der Waals surface area contributed by atoms with Crippen molar-refractivity contribution in [1.29, 1.82) is 0 Å². The van der Waals surface area contributed by atoms with Gasteiger partial charge in [-0.1, -0.05) is 53.2 Å². The minimum atomic E-state index is -4.11. The molecule has 30 heavy (non-hydrogen) atoms. The topological polar surface area (TPSA) is 57.7 Å². The molecule has 3 aromatic carbocycles. The van der Waals surface area contributed by atoms with Gasteiger partial charge in [0.2, 0.25) is 0 Å². The Balaban J connectivity index is 1.84. The van der Waals surface area contributed by atoms with Crippen LogP contribution in [0.4, 0.5) is 20.6 Å². The fourth-order valence-corrected chi connectivity index (χ4v) is 5.33. The number of rotatable bonds is 4. The second-order valence-corrected chi connectivity index (χ2v) is 9.53. The molecule has 0 atom stereocenters. The molecule has 0 spiro atoms. The summed E-state index contributed by atoms with van der Waals surface area (Å²) in [4.78, 5) is 14.7. The summed E-state index contributed by atoms with van der Waals surface area (Å²) in [7, 11) is -4.11. The van der Waals surface area contributed by atoms with Crippen LogP contribution in [0, 0.1) is 5.82 Å². The van der Waals surface area contributed by atoms with Crippen molar-refractivity contribution >= 4 is 43.4 Å². The Morgan fingerprint density at radius 1 is 1.00 bits per heavy atom. The Morgan fingerprint density at radius 2 is 1.70 bits per heavy atom. The molecule has 0 saturated carbocycles. The number of sulfonamides is 1. The predicted molar refractivity (Wildman–Crippen MR) is 118 cm³/mol. The van der Waals surface area contributed by atoms with E-state index in [1.807, 2.05) is 6.92 Å². The lowest BCUT2D eigenvalue weighted by Gasteiger charge is -2.36. The normalized spacial score (nSPS) is 15.2.